The van der Waals surface area contributed by atoms with Crippen LogP contribution in [0.25, 0.3) is 0 Å². The van der Waals surface area contributed by atoms with Crippen LogP contribution in [0.3, 0.4) is 0 Å². The molecule has 216 valence electrons. The molecule has 2 aliphatic heterocycles. The van der Waals surface area contributed by atoms with Crippen LogP contribution in [0.15, 0.2) is 71.6 Å². The number of esters is 1. The Bertz CT molecular complexity index is 1590. The van der Waals surface area contributed by atoms with Crippen molar-refractivity contribution < 1.29 is 32.2 Å². The number of aryl methyl sites for hydroxylation is 1. The van der Waals surface area contributed by atoms with Gasteiger partial charge in [0.2, 0.25) is 15.9 Å². The average molecular weight is 579 g/mol. The Morgan fingerprint density at radius 2 is 1.66 bits per heavy atom. The van der Waals surface area contributed by atoms with Gasteiger partial charge in [0.15, 0.2) is 11.5 Å². The van der Waals surface area contributed by atoms with E-state index in [-0.39, 0.29) is 30.4 Å². The fourth-order valence-electron chi connectivity index (χ4n) is 6.45. The van der Waals surface area contributed by atoms with E-state index < -0.39 is 33.5 Å². The Morgan fingerprint density at radius 3 is 2.29 bits per heavy atom. The van der Waals surface area contributed by atoms with Gasteiger partial charge in [0.25, 0.3) is 0 Å². The van der Waals surface area contributed by atoms with E-state index in [0.29, 0.717) is 22.7 Å². The van der Waals surface area contributed by atoms with Gasteiger partial charge in [-0.25, -0.2) is 8.42 Å². The average Bonchev–Trinajstić information content (AvgIpc) is 3.50. The molecule has 0 saturated carbocycles. The second-order valence-electron chi connectivity index (χ2n) is 10.3. The van der Waals surface area contributed by atoms with Gasteiger partial charge in [-0.05, 0) is 61.7 Å². The van der Waals surface area contributed by atoms with Gasteiger partial charge < -0.3 is 19.1 Å². The molecular weight excluding hydrogens is 544 g/mol. The molecular formula is C31H34N2O7S. The van der Waals surface area contributed by atoms with Crippen molar-refractivity contribution in [1.29, 1.82) is 0 Å². The number of para-hydroxylation sites is 1. The van der Waals surface area contributed by atoms with Crippen LogP contribution in [0.4, 0.5) is 5.69 Å². The number of sulfonamides is 1. The standard InChI is InChI=1S/C31H34N2O7S/c1-6-40-30(35)29-31(17-18-32(29)41(36,37)23-14-11-20(2)12-15-23)24-9-7-8-10-25(24)33(21(3)34)28(31)22-13-16-26(38-4)27(19-22)39-5/h7-16,19,28-29H,6,17-18H2,1-5H3. The normalized spacial score (nSPS) is 22.0. The van der Waals surface area contributed by atoms with E-state index >= 15 is 0 Å². The Labute approximate surface area is 240 Å². The molecule has 0 aromatic heterocycles. The molecule has 3 aromatic rings. The zero-order chi connectivity index (χ0) is 29.5. The number of rotatable bonds is 7. The third-order valence-electron chi connectivity index (χ3n) is 8.13. The number of carbonyl (C=O) groups excluding carboxylic acids is 2. The maximum atomic E-state index is 14.2. The second kappa shape index (κ2) is 10.8. The fourth-order valence-corrected chi connectivity index (χ4v) is 8.09. The monoisotopic (exact) mass is 578 g/mol. The van der Waals surface area contributed by atoms with Crippen molar-refractivity contribution in [2.75, 3.05) is 32.3 Å². The van der Waals surface area contributed by atoms with Crippen LogP contribution in [0.2, 0.25) is 0 Å². The molecule has 5 rings (SSSR count). The molecule has 2 heterocycles. The summed E-state index contributed by atoms with van der Waals surface area (Å²) in [6.07, 6.45) is 0.279. The minimum Gasteiger partial charge on any atom is -0.493 e. The number of carbonyl (C=O) groups is 2. The lowest BCUT2D eigenvalue weighted by atomic mass is 9.68. The summed E-state index contributed by atoms with van der Waals surface area (Å²) < 4.78 is 46.2. The minimum atomic E-state index is -4.12. The van der Waals surface area contributed by atoms with E-state index in [1.54, 1.807) is 48.2 Å². The molecule has 3 atom stereocenters. The Hall–Kier alpha value is -3.89. The first kappa shape index (κ1) is 28.6. The largest absolute Gasteiger partial charge is 0.493 e. The molecule has 0 radical (unpaired) electrons. The van der Waals surface area contributed by atoms with Crippen molar-refractivity contribution >= 4 is 27.6 Å². The van der Waals surface area contributed by atoms with Gasteiger partial charge in [0.05, 0.1) is 37.2 Å². The number of amides is 1. The number of methoxy groups -OCH3 is 2. The van der Waals surface area contributed by atoms with E-state index in [9.17, 15) is 18.0 Å². The van der Waals surface area contributed by atoms with Crippen LogP contribution in [0.5, 0.6) is 11.5 Å². The minimum absolute atomic E-state index is 0.0591. The molecule has 3 aromatic carbocycles. The van der Waals surface area contributed by atoms with Crippen molar-refractivity contribution in [3.63, 3.8) is 0 Å². The zero-order valence-electron chi connectivity index (χ0n) is 23.8. The number of hydrogen-bond acceptors (Lipinski definition) is 7. The SMILES string of the molecule is CCOC(=O)C1N(S(=O)(=O)c2ccc(C)cc2)CCC12c1ccccc1N(C(C)=O)C2c1ccc(OC)c(OC)c1. The van der Waals surface area contributed by atoms with Crippen molar-refractivity contribution in [3.8, 4) is 11.5 Å². The summed E-state index contributed by atoms with van der Waals surface area (Å²) in [5, 5.41) is 0. The summed E-state index contributed by atoms with van der Waals surface area (Å²) >= 11 is 0. The van der Waals surface area contributed by atoms with Gasteiger partial charge in [-0.2, -0.15) is 4.31 Å². The van der Waals surface area contributed by atoms with E-state index in [1.165, 1.54) is 25.4 Å². The molecule has 10 heteroatoms. The molecule has 41 heavy (non-hydrogen) atoms. The third kappa shape index (κ3) is 4.46. The number of nitrogens with zero attached hydrogens (tertiary/aromatic N) is 2. The molecule has 9 nitrogen and oxygen atoms in total. The Kier molecular flexibility index (Phi) is 7.56. The van der Waals surface area contributed by atoms with E-state index in [4.69, 9.17) is 14.2 Å². The van der Waals surface area contributed by atoms with Crippen LogP contribution in [-0.4, -0.2) is 58.0 Å². The quantitative estimate of drug-likeness (QED) is 0.384. The smallest absolute Gasteiger partial charge is 0.325 e. The lowest BCUT2D eigenvalue weighted by molar-refractivity contribution is -0.149. The lowest BCUT2D eigenvalue weighted by Crippen LogP contribution is -2.54. The van der Waals surface area contributed by atoms with Crippen LogP contribution < -0.4 is 14.4 Å². The highest BCUT2D eigenvalue weighted by Crippen LogP contribution is 2.61. The number of benzene rings is 3. The summed E-state index contributed by atoms with van der Waals surface area (Å²) in [7, 11) is -1.06. The highest BCUT2D eigenvalue weighted by molar-refractivity contribution is 7.89. The third-order valence-corrected chi connectivity index (χ3v) is 10.0. The first-order valence-corrected chi connectivity index (χ1v) is 14.9. The maximum absolute atomic E-state index is 14.2. The van der Waals surface area contributed by atoms with Crippen molar-refractivity contribution in [3.05, 3.63) is 83.4 Å². The highest BCUT2D eigenvalue weighted by atomic mass is 32.2. The molecule has 1 fully saturated rings. The van der Waals surface area contributed by atoms with Gasteiger partial charge in [-0.1, -0.05) is 42.0 Å². The predicted molar refractivity (Wildman–Crippen MR) is 154 cm³/mol. The molecule has 2 aliphatic rings. The van der Waals surface area contributed by atoms with Gasteiger partial charge in [-0.15, -0.1) is 0 Å². The fraction of sp³-hybridized carbons (Fsp3) is 0.355. The molecule has 1 saturated heterocycles. The second-order valence-corrected chi connectivity index (χ2v) is 12.2. The van der Waals surface area contributed by atoms with Gasteiger partial charge in [-0.3, -0.25) is 9.59 Å². The van der Waals surface area contributed by atoms with Crippen molar-refractivity contribution in [2.45, 2.75) is 49.6 Å². The predicted octanol–water partition coefficient (Wildman–Crippen LogP) is 4.38. The lowest BCUT2D eigenvalue weighted by Gasteiger charge is -2.40. The van der Waals surface area contributed by atoms with Gasteiger partial charge in [0.1, 0.15) is 6.04 Å². The number of hydrogen-bond donors (Lipinski definition) is 0. The first-order valence-electron chi connectivity index (χ1n) is 13.5. The summed E-state index contributed by atoms with van der Waals surface area (Å²) in [5.41, 5.74) is 1.79. The molecule has 1 spiro atoms. The summed E-state index contributed by atoms with van der Waals surface area (Å²) in [5.74, 6) is 0.0597. The van der Waals surface area contributed by atoms with Crippen LogP contribution in [0, 0.1) is 6.92 Å². The van der Waals surface area contributed by atoms with Gasteiger partial charge >= 0.3 is 5.97 Å². The summed E-state index contributed by atoms with van der Waals surface area (Å²) in [6, 6.07) is 17.3. The van der Waals surface area contributed by atoms with Gasteiger partial charge in [0, 0.05) is 19.2 Å². The number of ether oxygens (including phenoxy) is 3. The van der Waals surface area contributed by atoms with E-state index in [1.807, 2.05) is 37.3 Å². The summed E-state index contributed by atoms with van der Waals surface area (Å²) in [6.45, 7) is 5.17. The zero-order valence-corrected chi connectivity index (χ0v) is 24.6. The Balaban J connectivity index is 1.79. The van der Waals surface area contributed by atoms with E-state index in [2.05, 4.69) is 0 Å². The number of anilines is 1. The van der Waals surface area contributed by atoms with Crippen LogP contribution >= 0.6 is 0 Å². The molecule has 1 amide bonds. The number of fused-ring (bicyclic) bond motifs is 2. The van der Waals surface area contributed by atoms with Crippen molar-refractivity contribution in [1.82, 2.24) is 4.31 Å². The molecule has 0 aliphatic carbocycles. The van der Waals surface area contributed by atoms with Crippen molar-refractivity contribution in [2.24, 2.45) is 0 Å². The maximum Gasteiger partial charge on any atom is 0.325 e. The molecule has 0 N–H and O–H groups in total. The summed E-state index contributed by atoms with van der Waals surface area (Å²) in [4.78, 5) is 29.1. The topological polar surface area (TPSA) is 102 Å². The van der Waals surface area contributed by atoms with Crippen LogP contribution in [0.1, 0.15) is 43.0 Å². The Morgan fingerprint density at radius 1 is 0.976 bits per heavy atom. The molecule has 3 unspecified atom stereocenters. The first-order chi connectivity index (χ1) is 19.6. The van der Waals surface area contributed by atoms with Crippen LogP contribution in [-0.2, 0) is 29.8 Å². The van der Waals surface area contributed by atoms with E-state index in [0.717, 1.165) is 11.1 Å². The molecule has 0 bridgehead atoms. The highest BCUT2D eigenvalue weighted by Gasteiger charge is 2.66.